The molecule has 7 heteroatoms. The summed E-state index contributed by atoms with van der Waals surface area (Å²) in [6.07, 6.45) is 2.29. The highest BCUT2D eigenvalue weighted by atomic mass is 16.5. The number of H-pyrrole nitrogens is 1. The van der Waals surface area contributed by atoms with Crippen molar-refractivity contribution in [1.29, 1.82) is 0 Å². The fraction of sp³-hybridized carbons (Fsp3) is 0.0800. The Morgan fingerprint density at radius 2 is 1.84 bits per heavy atom. The van der Waals surface area contributed by atoms with Gasteiger partial charge in [-0.1, -0.05) is 42.5 Å². The van der Waals surface area contributed by atoms with Crippen molar-refractivity contribution in [1.82, 2.24) is 15.6 Å². The van der Waals surface area contributed by atoms with E-state index in [2.05, 4.69) is 32.9 Å². The van der Waals surface area contributed by atoms with Crippen molar-refractivity contribution in [2.24, 2.45) is 5.10 Å². The maximum Gasteiger partial charge on any atom is 0.289 e. The van der Waals surface area contributed by atoms with Crippen LogP contribution in [0.5, 0.6) is 11.5 Å². The molecule has 0 saturated heterocycles. The molecule has 0 unspecified atom stereocenters. The fourth-order valence-corrected chi connectivity index (χ4v) is 3.07. The third-order valence-electron chi connectivity index (χ3n) is 4.72. The summed E-state index contributed by atoms with van der Waals surface area (Å²) in [6.45, 7) is 0.596. The fourth-order valence-electron chi connectivity index (χ4n) is 3.07. The predicted octanol–water partition coefficient (Wildman–Crippen LogP) is 4.17. The van der Waals surface area contributed by atoms with Gasteiger partial charge >= 0.3 is 0 Å². The number of benzene rings is 3. The molecule has 32 heavy (non-hydrogen) atoms. The van der Waals surface area contributed by atoms with Gasteiger partial charge in [-0.05, 0) is 53.6 Å². The average Bonchev–Trinajstić information content (AvgIpc) is 3.31. The van der Waals surface area contributed by atoms with Crippen LogP contribution in [0.3, 0.4) is 0 Å². The minimum atomic E-state index is -0.416. The van der Waals surface area contributed by atoms with Crippen molar-refractivity contribution in [2.75, 3.05) is 6.61 Å². The van der Waals surface area contributed by atoms with Crippen LogP contribution in [0.2, 0.25) is 0 Å². The highest BCUT2D eigenvalue weighted by molar-refractivity contribution is 5.94. The van der Waals surface area contributed by atoms with Gasteiger partial charge in [0.1, 0.15) is 17.2 Å². The van der Waals surface area contributed by atoms with E-state index in [1.807, 2.05) is 42.5 Å². The van der Waals surface area contributed by atoms with Crippen LogP contribution in [0.15, 0.2) is 90.0 Å². The zero-order valence-electron chi connectivity index (χ0n) is 17.2. The molecule has 0 aliphatic heterocycles. The van der Waals surface area contributed by atoms with Crippen LogP contribution < -0.4 is 10.2 Å². The number of amides is 1. The van der Waals surface area contributed by atoms with Crippen LogP contribution in [0.1, 0.15) is 21.6 Å². The Labute approximate surface area is 185 Å². The van der Waals surface area contributed by atoms with Crippen molar-refractivity contribution in [3.05, 3.63) is 102 Å². The molecule has 1 aromatic heterocycles. The van der Waals surface area contributed by atoms with Gasteiger partial charge in [0.15, 0.2) is 0 Å². The molecular formula is C25H22N4O3. The molecule has 0 bridgehead atoms. The van der Waals surface area contributed by atoms with Gasteiger partial charge in [-0.3, -0.25) is 9.89 Å². The predicted molar refractivity (Wildman–Crippen MR) is 123 cm³/mol. The van der Waals surface area contributed by atoms with E-state index in [4.69, 9.17) is 4.74 Å². The monoisotopic (exact) mass is 426 g/mol. The number of rotatable bonds is 8. The zero-order chi connectivity index (χ0) is 22.2. The van der Waals surface area contributed by atoms with Gasteiger partial charge in [0.2, 0.25) is 0 Å². The Hall–Kier alpha value is -4.39. The summed E-state index contributed by atoms with van der Waals surface area (Å²) in [7, 11) is 0. The zero-order valence-corrected chi connectivity index (χ0v) is 17.2. The normalized spacial score (nSPS) is 10.9. The summed E-state index contributed by atoms with van der Waals surface area (Å²) in [5.74, 6) is 0.492. The molecule has 0 aliphatic carbocycles. The number of aromatic amines is 1. The van der Waals surface area contributed by atoms with E-state index in [0.29, 0.717) is 17.9 Å². The standard InChI is InChI=1S/C25H22N4O3/c30-21-8-4-7-19(15-21)17-26-29-25(31)24-16-23(27-28-24)20-9-11-22(12-10-20)32-14-13-18-5-2-1-3-6-18/h1-12,15-17,30H,13-14H2,(H,27,28)(H,29,31)/b26-17-. The van der Waals surface area contributed by atoms with E-state index >= 15 is 0 Å². The van der Waals surface area contributed by atoms with Crippen LogP contribution in [-0.2, 0) is 6.42 Å². The first-order chi connectivity index (χ1) is 15.7. The molecule has 0 fully saturated rings. The second-order valence-electron chi connectivity index (χ2n) is 7.07. The number of ether oxygens (including phenoxy) is 1. The quantitative estimate of drug-likeness (QED) is 0.291. The van der Waals surface area contributed by atoms with Crippen molar-refractivity contribution < 1.29 is 14.6 Å². The second kappa shape index (κ2) is 10.1. The van der Waals surface area contributed by atoms with Gasteiger partial charge in [0, 0.05) is 12.0 Å². The number of carbonyl (C=O) groups is 1. The highest BCUT2D eigenvalue weighted by Crippen LogP contribution is 2.21. The van der Waals surface area contributed by atoms with Gasteiger partial charge in [-0.15, -0.1) is 0 Å². The van der Waals surface area contributed by atoms with E-state index in [1.165, 1.54) is 11.8 Å². The van der Waals surface area contributed by atoms with E-state index in [9.17, 15) is 9.90 Å². The minimum absolute atomic E-state index is 0.131. The van der Waals surface area contributed by atoms with Gasteiger partial charge < -0.3 is 9.84 Å². The maximum absolute atomic E-state index is 12.3. The molecule has 3 N–H and O–H groups in total. The van der Waals surface area contributed by atoms with Crippen LogP contribution in [0.25, 0.3) is 11.3 Å². The number of nitrogens with one attached hydrogen (secondary N) is 2. The molecule has 7 nitrogen and oxygen atoms in total. The number of aromatic nitrogens is 2. The molecule has 160 valence electrons. The first-order valence-corrected chi connectivity index (χ1v) is 10.1. The molecule has 0 saturated carbocycles. The summed E-state index contributed by atoms with van der Waals surface area (Å²) >= 11 is 0. The smallest absolute Gasteiger partial charge is 0.289 e. The number of nitrogens with zero attached hydrogens (tertiary/aromatic N) is 2. The molecule has 4 aromatic rings. The lowest BCUT2D eigenvalue weighted by atomic mass is 10.1. The molecule has 3 aromatic carbocycles. The van der Waals surface area contributed by atoms with E-state index < -0.39 is 5.91 Å². The number of carbonyl (C=O) groups excluding carboxylic acids is 1. The summed E-state index contributed by atoms with van der Waals surface area (Å²) in [4.78, 5) is 12.3. The first-order valence-electron chi connectivity index (χ1n) is 10.1. The lowest BCUT2D eigenvalue weighted by Gasteiger charge is -2.06. The number of hydrazone groups is 1. The third kappa shape index (κ3) is 5.60. The molecule has 1 amide bonds. The van der Waals surface area contributed by atoms with E-state index in [1.54, 1.807) is 30.3 Å². The number of aromatic hydroxyl groups is 1. The van der Waals surface area contributed by atoms with Gasteiger partial charge in [-0.2, -0.15) is 10.2 Å². The number of hydrogen-bond acceptors (Lipinski definition) is 5. The molecule has 1 heterocycles. The molecule has 0 radical (unpaired) electrons. The van der Waals surface area contributed by atoms with Crippen LogP contribution in [-0.4, -0.2) is 34.0 Å². The van der Waals surface area contributed by atoms with Crippen LogP contribution in [0.4, 0.5) is 0 Å². The second-order valence-corrected chi connectivity index (χ2v) is 7.07. The Morgan fingerprint density at radius 1 is 1.03 bits per heavy atom. The molecule has 0 atom stereocenters. The topological polar surface area (TPSA) is 99.6 Å². The van der Waals surface area contributed by atoms with E-state index in [0.717, 1.165) is 17.7 Å². The first kappa shape index (κ1) is 20.9. The highest BCUT2D eigenvalue weighted by Gasteiger charge is 2.10. The molecular weight excluding hydrogens is 404 g/mol. The maximum atomic E-state index is 12.3. The molecule has 4 rings (SSSR count). The largest absolute Gasteiger partial charge is 0.508 e. The van der Waals surface area contributed by atoms with Crippen molar-refractivity contribution in [3.63, 3.8) is 0 Å². The minimum Gasteiger partial charge on any atom is -0.508 e. The lowest BCUT2D eigenvalue weighted by Crippen LogP contribution is -2.17. The number of phenols is 1. The van der Waals surface area contributed by atoms with Crippen molar-refractivity contribution in [3.8, 4) is 22.8 Å². The Morgan fingerprint density at radius 3 is 2.62 bits per heavy atom. The summed E-state index contributed by atoms with van der Waals surface area (Å²) in [5.41, 5.74) is 6.13. The van der Waals surface area contributed by atoms with Crippen molar-refractivity contribution in [2.45, 2.75) is 6.42 Å². The molecule has 0 spiro atoms. The van der Waals surface area contributed by atoms with Gasteiger partial charge in [0.05, 0.1) is 18.5 Å². The Kier molecular flexibility index (Phi) is 6.57. The summed E-state index contributed by atoms with van der Waals surface area (Å²) < 4.78 is 5.81. The van der Waals surface area contributed by atoms with Crippen molar-refractivity contribution >= 4 is 12.1 Å². The third-order valence-corrected chi connectivity index (χ3v) is 4.72. The lowest BCUT2D eigenvalue weighted by molar-refractivity contribution is 0.0950. The Bertz CT molecular complexity index is 1200. The Balaban J connectivity index is 1.31. The van der Waals surface area contributed by atoms with Crippen LogP contribution >= 0.6 is 0 Å². The van der Waals surface area contributed by atoms with Crippen LogP contribution in [0, 0.1) is 0 Å². The van der Waals surface area contributed by atoms with Gasteiger partial charge in [0.25, 0.3) is 5.91 Å². The average molecular weight is 426 g/mol. The van der Waals surface area contributed by atoms with E-state index in [-0.39, 0.29) is 11.4 Å². The number of phenolic OH excluding ortho intramolecular Hbond substituents is 1. The molecule has 0 aliphatic rings. The SMILES string of the molecule is O=C(N/N=C\c1cccc(O)c1)c1cc(-c2ccc(OCCc3ccccc3)cc2)n[nH]1. The van der Waals surface area contributed by atoms with Gasteiger partial charge in [-0.25, -0.2) is 5.43 Å². The summed E-state index contributed by atoms with van der Waals surface area (Å²) in [5, 5.41) is 20.3. The summed E-state index contributed by atoms with van der Waals surface area (Å²) in [6, 6.07) is 26.0. The number of hydrogen-bond donors (Lipinski definition) is 3.